The summed E-state index contributed by atoms with van der Waals surface area (Å²) in [6.45, 7) is 10.2. The van der Waals surface area contributed by atoms with Crippen LogP contribution in [0.5, 0.6) is 0 Å². The summed E-state index contributed by atoms with van der Waals surface area (Å²) in [4.78, 5) is 23.7. The maximum atomic E-state index is 13.3. The average Bonchev–Trinajstić information content (AvgIpc) is 2.55. The molecule has 0 radical (unpaired) electrons. The van der Waals surface area contributed by atoms with Crippen LogP contribution in [0.2, 0.25) is 0 Å². The van der Waals surface area contributed by atoms with Crippen molar-refractivity contribution in [1.29, 1.82) is 0 Å². The first kappa shape index (κ1) is 26.5. The SMILES string of the molecule is CCOC(=O)[C@H](C)C(C)N([SiH3])P(=O)(OCC)SCCNC(=O)OC(C)(C)C. The molecule has 0 bridgehead atoms. The zero-order chi connectivity index (χ0) is 21.3. The Bertz CT molecular complexity index is 532. The molecular weight excluding hydrogens is 407 g/mol. The van der Waals surface area contributed by atoms with E-state index in [1.807, 2.05) is 6.92 Å². The molecule has 0 rings (SSSR count). The van der Waals surface area contributed by atoms with Crippen LogP contribution in [-0.2, 0) is 23.4 Å². The molecule has 8 nitrogen and oxygen atoms in total. The predicted molar refractivity (Wildman–Crippen MR) is 113 cm³/mol. The van der Waals surface area contributed by atoms with Crippen molar-refractivity contribution in [3.8, 4) is 0 Å². The van der Waals surface area contributed by atoms with Crippen molar-refractivity contribution >= 4 is 40.6 Å². The highest BCUT2D eigenvalue weighted by Crippen LogP contribution is 2.62. The van der Waals surface area contributed by atoms with Crippen LogP contribution in [0.15, 0.2) is 0 Å². The first-order valence-electron chi connectivity index (χ1n) is 9.13. The minimum absolute atomic E-state index is 0.278. The lowest BCUT2D eigenvalue weighted by atomic mass is 10.1. The molecule has 0 aliphatic carbocycles. The maximum Gasteiger partial charge on any atom is 0.407 e. The van der Waals surface area contributed by atoms with Gasteiger partial charge in [-0.05, 0) is 41.5 Å². The summed E-state index contributed by atoms with van der Waals surface area (Å²) in [5.74, 6) is -0.335. The smallest absolute Gasteiger partial charge is 0.407 e. The number of hydrogen-bond donors (Lipinski definition) is 1. The number of nitrogens with zero attached hydrogens (tertiary/aromatic N) is 1. The molecule has 0 fully saturated rings. The van der Waals surface area contributed by atoms with E-state index in [1.165, 1.54) is 0 Å². The van der Waals surface area contributed by atoms with Gasteiger partial charge in [-0.15, -0.1) is 0 Å². The van der Waals surface area contributed by atoms with Crippen molar-refractivity contribution in [1.82, 2.24) is 9.65 Å². The van der Waals surface area contributed by atoms with Crippen LogP contribution >= 0.6 is 18.1 Å². The minimum atomic E-state index is -3.17. The van der Waals surface area contributed by atoms with E-state index in [0.29, 0.717) is 35.9 Å². The number of amides is 1. The molecule has 0 aliphatic heterocycles. The lowest BCUT2D eigenvalue weighted by Gasteiger charge is -2.34. The van der Waals surface area contributed by atoms with Gasteiger partial charge in [0.05, 0.1) is 29.5 Å². The number of carbonyl (C=O) groups excluding carboxylic acids is 2. The highest BCUT2D eigenvalue weighted by atomic mass is 32.7. The Morgan fingerprint density at radius 2 is 1.81 bits per heavy atom. The summed E-state index contributed by atoms with van der Waals surface area (Å²) in [5, 5.41) is 2.64. The Balaban J connectivity index is 4.79. The van der Waals surface area contributed by atoms with Crippen molar-refractivity contribution in [3.63, 3.8) is 0 Å². The fourth-order valence-electron chi connectivity index (χ4n) is 2.03. The van der Waals surface area contributed by atoms with Gasteiger partial charge in [0.15, 0.2) is 0 Å². The van der Waals surface area contributed by atoms with E-state index in [9.17, 15) is 14.2 Å². The molecule has 160 valence electrons. The molecule has 3 atom stereocenters. The zero-order valence-electron chi connectivity index (χ0n) is 17.7. The van der Waals surface area contributed by atoms with Gasteiger partial charge in [0.2, 0.25) is 0 Å². The third kappa shape index (κ3) is 9.98. The number of alkyl carbamates (subject to hydrolysis) is 1. The fourth-order valence-corrected chi connectivity index (χ4v) is 8.19. The molecule has 1 N–H and O–H groups in total. The maximum absolute atomic E-state index is 13.3. The van der Waals surface area contributed by atoms with Gasteiger partial charge in [-0.1, -0.05) is 18.3 Å². The van der Waals surface area contributed by atoms with E-state index in [2.05, 4.69) is 5.32 Å². The summed E-state index contributed by atoms with van der Waals surface area (Å²) in [7, 11) is 0.457. The summed E-state index contributed by atoms with van der Waals surface area (Å²) < 4.78 is 30.9. The molecule has 11 heteroatoms. The molecule has 1 amide bonds. The lowest BCUT2D eigenvalue weighted by molar-refractivity contribution is -0.148. The van der Waals surface area contributed by atoms with Gasteiger partial charge in [0.1, 0.15) is 5.60 Å². The molecule has 0 aromatic heterocycles. The lowest BCUT2D eigenvalue weighted by Crippen LogP contribution is -2.38. The molecule has 0 heterocycles. The number of rotatable bonds is 11. The summed E-state index contributed by atoms with van der Waals surface area (Å²) in [5.41, 5.74) is -0.567. The standard InChI is InChI=1S/C16H35N2O6PSSi/c1-8-22-14(19)12(3)13(4)18(27)25(21,23-9-2)26-11-10-17-15(20)24-16(5,6)7/h12-13H,8-11H2,1-7,27H3,(H,17,20)/t12-,13?,25?/m1/s1. The number of carbonyl (C=O) groups is 2. The third-order valence-corrected chi connectivity index (χ3v) is 12.0. The number of ether oxygens (including phenoxy) is 2. The molecule has 0 saturated carbocycles. The molecule has 0 saturated heterocycles. The quantitative estimate of drug-likeness (QED) is 0.226. The van der Waals surface area contributed by atoms with E-state index in [0.717, 1.165) is 11.4 Å². The third-order valence-electron chi connectivity index (χ3n) is 3.67. The summed E-state index contributed by atoms with van der Waals surface area (Å²) in [6.07, 6.45) is -0.513. The van der Waals surface area contributed by atoms with Gasteiger partial charge in [-0.25, -0.2) is 4.79 Å². The molecule has 0 spiro atoms. The summed E-state index contributed by atoms with van der Waals surface area (Å²) in [6, 6.07) is -0.278. The van der Waals surface area contributed by atoms with Gasteiger partial charge < -0.3 is 19.3 Å². The molecule has 27 heavy (non-hydrogen) atoms. The largest absolute Gasteiger partial charge is 0.466 e. The van der Waals surface area contributed by atoms with Crippen LogP contribution < -0.4 is 5.32 Å². The molecular formula is C16H35N2O6PSSi. The van der Waals surface area contributed by atoms with Gasteiger partial charge in [-0.3, -0.25) is 13.7 Å². The highest BCUT2D eigenvalue weighted by molar-refractivity contribution is 8.56. The van der Waals surface area contributed by atoms with E-state index in [-0.39, 0.29) is 12.0 Å². The van der Waals surface area contributed by atoms with Crippen LogP contribution in [0.25, 0.3) is 0 Å². The van der Waals surface area contributed by atoms with Crippen molar-refractivity contribution in [2.45, 2.75) is 60.1 Å². The van der Waals surface area contributed by atoms with Crippen LogP contribution in [0.3, 0.4) is 0 Å². The normalized spacial score (nSPS) is 16.4. The molecule has 0 aliphatic rings. The monoisotopic (exact) mass is 442 g/mol. The van der Waals surface area contributed by atoms with E-state index in [1.54, 1.807) is 45.9 Å². The molecule has 0 aromatic rings. The van der Waals surface area contributed by atoms with Crippen molar-refractivity contribution in [3.05, 3.63) is 0 Å². The Labute approximate surface area is 170 Å². The van der Waals surface area contributed by atoms with Crippen molar-refractivity contribution in [2.75, 3.05) is 25.5 Å². The highest BCUT2D eigenvalue weighted by Gasteiger charge is 2.36. The Morgan fingerprint density at radius 3 is 2.30 bits per heavy atom. The van der Waals surface area contributed by atoms with Crippen molar-refractivity contribution in [2.24, 2.45) is 5.92 Å². The number of nitrogens with one attached hydrogen (secondary N) is 1. The van der Waals surface area contributed by atoms with Crippen LogP contribution in [-0.4, -0.2) is 64.0 Å². The van der Waals surface area contributed by atoms with Gasteiger partial charge in [0, 0.05) is 18.3 Å². The van der Waals surface area contributed by atoms with Crippen molar-refractivity contribution < 1.29 is 28.2 Å². The van der Waals surface area contributed by atoms with Gasteiger partial charge in [-0.2, -0.15) is 0 Å². The first-order chi connectivity index (χ1) is 12.4. The zero-order valence-corrected chi connectivity index (χ0v) is 21.4. The van der Waals surface area contributed by atoms with E-state index in [4.69, 9.17) is 14.0 Å². The summed E-state index contributed by atoms with van der Waals surface area (Å²) >= 11 is 1.16. The second-order valence-corrected chi connectivity index (χ2v) is 13.4. The fraction of sp³-hybridized carbons (Fsp3) is 0.875. The average molecular weight is 443 g/mol. The van der Waals surface area contributed by atoms with Gasteiger partial charge >= 0.3 is 18.8 Å². The Hall–Kier alpha value is -0.543. The van der Waals surface area contributed by atoms with E-state index < -0.39 is 24.3 Å². The molecule has 0 aromatic carbocycles. The number of hydrogen-bond acceptors (Lipinski definition) is 7. The van der Waals surface area contributed by atoms with Crippen LogP contribution in [0.1, 0.15) is 48.5 Å². The molecule has 2 unspecified atom stereocenters. The Kier molecular flexibility index (Phi) is 11.9. The number of esters is 1. The minimum Gasteiger partial charge on any atom is -0.466 e. The topological polar surface area (TPSA) is 94.2 Å². The van der Waals surface area contributed by atoms with Gasteiger partial charge in [0.25, 0.3) is 0 Å². The van der Waals surface area contributed by atoms with Crippen LogP contribution in [0, 0.1) is 5.92 Å². The predicted octanol–water partition coefficient (Wildman–Crippen LogP) is 2.56. The first-order valence-corrected chi connectivity index (χ1v) is 13.2. The van der Waals surface area contributed by atoms with Crippen LogP contribution in [0.4, 0.5) is 4.79 Å². The van der Waals surface area contributed by atoms with E-state index >= 15 is 0 Å². The second kappa shape index (κ2) is 12.1. The second-order valence-electron chi connectivity index (χ2n) is 7.00. The Morgan fingerprint density at radius 1 is 1.22 bits per heavy atom.